The number of halogens is 1. The van der Waals surface area contributed by atoms with Gasteiger partial charge in [0.2, 0.25) is 0 Å². The second kappa shape index (κ2) is 8.11. The van der Waals surface area contributed by atoms with Crippen LogP contribution in [0.25, 0.3) is 0 Å². The molecule has 0 heterocycles. The highest BCUT2D eigenvalue weighted by molar-refractivity contribution is 14.1. The fraction of sp³-hybridized carbons (Fsp3) is 0.0952. The summed E-state index contributed by atoms with van der Waals surface area (Å²) in [6.07, 6.45) is 1.88. The molecule has 0 N–H and O–H groups in total. The topological polar surface area (TPSA) is 21.6 Å². The number of rotatable bonds is 5. The van der Waals surface area contributed by atoms with Crippen molar-refractivity contribution in [2.24, 2.45) is 4.99 Å². The summed E-state index contributed by atoms with van der Waals surface area (Å²) in [6, 6.07) is 24.4. The normalized spacial score (nSPS) is 10.9. The molecule has 0 aromatic heterocycles. The number of nitrogens with zero attached hydrogens (tertiary/aromatic N) is 1. The molecular weight excluding hydrogens is 409 g/mol. The van der Waals surface area contributed by atoms with Crippen LogP contribution in [0.15, 0.2) is 77.8 Å². The first-order chi connectivity index (χ1) is 11.7. The average Bonchev–Trinajstić information content (AvgIpc) is 2.63. The van der Waals surface area contributed by atoms with E-state index in [0.29, 0.717) is 6.61 Å². The molecule has 3 rings (SSSR count). The SMILES string of the molecule is Cc1ccc(N=Cc2ccc(OCc3ccccc3)cc2)cc1I. The third-order valence-electron chi connectivity index (χ3n) is 3.65. The highest BCUT2D eigenvalue weighted by Gasteiger charge is 1.97. The molecule has 0 aliphatic rings. The van der Waals surface area contributed by atoms with Gasteiger partial charge in [-0.2, -0.15) is 0 Å². The number of aliphatic imine (C=N–C) groups is 1. The van der Waals surface area contributed by atoms with Gasteiger partial charge in [0, 0.05) is 9.78 Å². The van der Waals surface area contributed by atoms with E-state index in [0.717, 1.165) is 22.6 Å². The van der Waals surface area contributed by atoms with Gasteiger partial charge in [-0.25, -0.2) is 0 Å². The maximum atomic E-state index is 5.79. The summed E-state index contributed by atoms with van der Waals surface area (Å²) in [4.78, 5) is 4.53. The van der Waals surface area contributed by atoms with E-state index in [4.69, 9.17) is 4.74 Å². The second-order valence-electron chi connectivity index (χ2n) is 5.53. The summed E-state index contributed by atoms with van der Waals surface area (Å²) in [6.45, 7) is 2.68. The Hall–Kier alpha value is -2.14. The van der Waals surface area contributed by atoms with E-state index < -0.39 is 0 Å². The average molecular weight is 427 g/mol. The fourth-order valence-corrected chi connectivity index (χ4v) is 2.70. The zero-order valence-electron chi connectivity index (χ0n) is 13.4. The summed E-state index contributed by atoms with van der Waals surface area (Å²) in [5, 5.41) is 0. The molecule has 0 saturated heterocycles. The molecule has 0 spiro atoms. The minimum atomic E-state index is 0.579. The van der Waals surface area contributed by atoms with Gasteiger partial charge in [-0.15, -0.1) is 0 Å². The number of hydrogen-bond donors (Lipinski definition) is 0. The van der Waals surface area contributed by atoms with Crippen molar-refractivity contribution in [2.45, 2.75) is 13.5 Å². The standard InChI is InChI=1S/C21H18INO/c1-16-7-10-19(13-21(16)22)23-14-17-8-11-20(12-9-17)24-15-18-5-3-2-4-6-18/h2-14H,15H2,1H3. The van der Waals surface area contributed by atoms with Crippen molar-refractivity contribution in [3.05, 3.63) is 93.1 Å². The number of ether oxygens (including phenoxy) is 1. The Balaban J connectivity index is 1.61. The van der Waals surface area contributed by atoms with Gasteiger partial charge in [-0.05, 0) is 82.6 Å². The molecule has 0 saturated carbocycles. The van der Waals surface area contributed by atoms with Crippen LogP contribution in [0.5, 0.6) is 5.75 Å². The summed E-state index contributed by atoms with van der Waals surface area (Å²) in [5.41, 5.74) is 4.46. The van der Waals surface area contributed by atoms with E-state index in [-0.39, 0.29) is 0 Å². The van der Waals surface area contributed by atoms with Gasteiger partial charge in [0.25, 0.3) is 0 Å². The molecule has 2 nitrogen and oxygen atoms in total. The first-order valence-electron chi connectivity index (χ1n) is 7.78. The van der Waals surface area contributed by atoms with Gasteiger partial charge < -0.3 is 4.74 Å². The summed E-state index contributed by atoms with van der Waals surface area (Å²) >= 11 is 2.33. The molecule has 3 aromatic carbocycles. The largest absolute Gasteiger partial charge is 0.489 e. The lowest BCUT2D eigenvalue weighted by Gasteiger charge is -2.06. The highest BCUT2D eigenvalue weighted by Crippen LogP contribution is 2.20. The van der Waals surface area contributed by atoms with Crippen molar-refractivity contribution in [2.75, 3.05) is 0 Å². The van der Waals surface area contributed by atoms with E-state index in [2.05, 4.69) is 58.8 Å². The van der Waals surface area contributed by atoms with Crippen molar-refractivity contribution in [1.29, 1.82) is 0 Å². The van der Waals surface area contributed by atoms with Gasteiger partial charge in [-0.3, -0.25) is 4.99 Å². The van der Waals surface area contributed by atoms with Crippen LogP contribution in [0.2, 0.25) is 0 Å². The first kappa shape index (κ1) is 16.7. The van der Waals surface area contributed by atoms with Gasteiger partial charge in [-0.1, -0.05) is 36.4 Å². The van der Waals surface area contributed by atoms with Crippen molar-refractivity contribution in [3.63, 3.8) is 0 Å². The Morgan fingerprint density at radius 2 is 1.71 bits per heavy atom. The predicted molar refractivity (Wildman–Crippen MR) is 108 cm³/mol. The molecule has 0 aliphatic heterocycles. The van der Waals surface area contributed by atoms with Crippen LogP contribution in [0, 0.1) is 10.5 Å². The fourth-order valence-electron chi connectivity index (χ4n) is 2.20. The zero-order valence-corrected chi connectivity index (χ0v) is 15.6. The van der Waals surface area contributed by atoms with Crippen LogP contribution >= 0.6 is 22.6 Å². The van der Waals surface area contributed by atoms with Crippen LogP contribution in [-0.4, -0.2) is 6.21 Å². The number of hydrogen-bond acceptors (Lipinski definition) is 2. The summed E-state index contributed by atoms with van der Waals surface area (Å²) in [5.74, 6) is 0.862. The molecule has 24 heavy (non-hydrogen) atoms. The van der Waals surface area contributed by atoms with Gasteiger partial charge in [0.15, 0.2) is 0 Å². The van der Waals surface area contributed by atoms with Crippen LogP contribution in [0.4, 0.5) is 5.69 Å². The maximum Gasteiger partial charge on any atom is 0.119 e. The van der Waals surface area contributed by atoms with Crippen LogP contribution in [0.1, 0.15) is 16.7 Å². The molecule has 0 fully saturated rings. The Labute approximate surface area is 156 Å². The number of benzene rings is 3. The van der Waals surface area contributed by atoms with Crippen LogP contribution in [0.3, 0.4) is 0 Å². The lowest BCUT2D eigenvalue weighted by atomic mass is 10.2. The minimum absolute atomic E-state index is 0.579. The molecule has 0 bridgehead atoms. The lowest BCUT2D eigenvalue weighted by molar-refractivity contribution is 0.306. The molecular formula is C21H18INO. The monoisotopic (exact) mass is 427 g/mol. The highest BCUT2D eigenvalue weighted by atomic mass is 127. The predicted octanol–water partition coefficient (Wildman–Crippen LogP) is 5.93. The van der Waals surface area contributed by atoms with E-state index in [1.165, 1.54) is 9.13 Å². The molecule has 0 atom stereocenters. The summed E-state index contributed by atoms with van der Waals surface area (Å²) in [7, 11) is 0. The second-order valence-corrected chi connectivity index (χ2v) is 6.70. The van der Waals surface area contributed by atoms with Gasteiger partial charge in [0.1, 0.15) is 12.4 Å². The Kier molecular flexibility index (Phi) is 5.64. The molecule has 3 heteroatoms. The molecule has 0 aliphatic carbocycles. The Morgan fingerprint density at radius 3 is 2.42 bits per heavy atom. The third kappa shape index (κ3) is 4.68. The third-order valence-corrected chi connectivity index (χ3v) is 4.81. The van der Waals surface area contributed by atoms with Crippen LogP contribution in [-0.2, 0) is 6.61 Å². The van der Waals surface area contributed by atoms with Gasteiger partial charge >= 0.3 is 0 Å². The minimum Gasteiger partial charge on any atom is -0.489 e. The zero-order chi connectivity index (χ0) is 16.8. The van der Waals surface area contributed by atoms with Crippen molar-refractivity contribution in [1.82, 2.24) is 0 Å². The maximum absolute atomic E-state index is 5.79. The van der Waals surface area contributed by atoms with E-state index in [1.54, 1.807) is 0 Å². The smallest absolute Gasteiger partial charge is 0.119 e. The van der Waals surface area contributed by atoms with Crippen molar-refractivity contribution in [3.8, 4) is 5.75 Å². The number of aryl methyl sites for hydroxylation is 1. The quantitative estimate of drug-likeness (QED) is 0.366. The van der Waals surface area contributed by atoms with E-state index >= 15 is 0 Å². The van der Waals surface area contributed by atoms with Crippen LogP contribution < -0.4 is 4.74 Å². The molecule has 0 radical (unpaired) electrons. The van der Waals surface area contributed by atoms with Crippen molar-refractivity contribution < 1.29 is 4.74 Å². The molecule has 0 amide bonds. The molecule has 120 valence electrons. The molecule has 0 unspecified atom stereocenters. The Morgan fingerprint density at radius 1 is 0.958 bits per heavy atom. The Bertz CT molecular complexity index is 826. The summed E-state index contributed by atoms with van der Waals surface area (Å²) < 4.78 is 7.02. The lowest BCUT2D eigenvalue weighted by Crippen LogP contribution is -1.94. The molecule has 3 aromatic rings. The van der Waals surface area contributed by atoms with E-state index in [1.807, 2.05) is 54.7 Å². The first-order valence-corrected chi connectivity index (χ1v) is 8.85. The van der Waals surface area contributed by atoms with Crippen molar-refractivity contribution >= 4 is 34.5 Å². The van der Waals surface area contributed by atoms with Gasteiger partial charge in [0.05, 0.1) is 5.69 Å². The van der Waals surface area contributed by atoms with E-state index in [9.17, 15) is 0 Å².